The van der Waals surface area contributed by atoms with E-state index in [9.17, 15) is 14.3 Å². The highest BCUT2D eigenvalue weighted by Crippen LogP contribution is 2.43. The highest BCUT2D eigenvalue weighted by molar-refractivity contribution is 7.47. The average molecular weight is 862 g/mol. The SMILES string of the molecule is CC/C=C\C/C=C\C/C=C\C/C=C\C/C=C\CCCCOCC(COP(=O)(O)OCCN)OC(=O)CCCCCCCCCCCCC/C=C\CCCCCCCCCC. The second-order valence-corrected chi connectivity index (χ2v) is 17.4. The Hall–Kier alpha value is -2.06. The van der Waals surface area contributed by atoms with Crippen molar-refractivity contribution in [3.63, 3.8) is 0 Å². The molecule has 0 rings (SSSR count). The lowest BCUT2D eigenvalue weighted by Crippen LogP contribution is -2.28. The van der Waals surface area contributed by atoms with Crippen molar-refractivity contribution >= 4 is 13.8 Å². The van der Waals surface area contributed by atoms with Gasteiger partial charge in [0, 0.05) is 19.6 Å². The van der Waals surface area contributed by atoms with E-state index < -0.39 is 13.9 Å². The maximum absolute atomic E-state index is 12.6. The molecule has 60 heavy (non-hydrogen) atoms. The summed E-state index contributed by atoms with van der Waals surface area (Å²) in [4.78, 5) is 22.6. The molecule has 0 aliphatic carbocycles. The van der Waals surface area contributed by atoms with Gasteiger partial charge in [-0.1, -0.05) is 189 Å². The van der Waals surface area contributed by atoms with E-state index in [0.29, 0.717) is 13.0 Å². The summed E-state index contributed by atoms with van der Waals surface area (Å²) in [5.74, 6) is -0.347. The summed E-state index contributed by atoms with van der Waals surface area (Å²) in [5.41, 5.74) is 5.38. The molecule has 0 radical (unpaired) electrons. The first kappa shape index (κ1) is 57.9. The molecule has 0 spiro atoms. The molecule has 0 amide bonds. The molecule has 0 aromatic rings. The molecule has 2 atom stereocenters. The molecule has 0 saturated carbocycles. The highest BCUT2D eigenvalue weighted by atomic mass is 31.2. The lowest BCUT2D eigenvalue weighted by molar-refractivity contribution is -0.154. The Morgan fingerprint density at radius 3 is 1.42 bits per heavy atom. The number of carbonyl (C=O) groups is 1. The summed E-state index contributed by atoms with van der Waals surface area (Å²) in [6, 6.07) is 0. The first-order valence-electron chi connectivity index (χ1n) is 24.4. The fourth-order valence-electron chi connectivity index (χ4n) is 6.55. The summed E-state index contributed by atoms with van der Waals surface area (Å²) in [7, 11) is -4.30. The van der Waals surface area contributed by atoms with Gasteiger partial charge in [0.2, 0.25) is 0 Å². The van der Waals surface area contributed by atoms with Crippen molar-refractivity contribution in [2.24, 2.45) is 5.73 Å². The molecule has 0 fully saturated rings. The number of esters is 1. The number of hydrogen-bond donors (Lipinski definition) is 2. The van der Waals surface area contributed by atoms with Crippen molar-refractivity contribution in [1.29, 1.82) is 0 Å². The van der Waals surface area contributed by atoms with Crippen molar-refractivity contribution in [2.75, 3.05) is 33.0 Å². The predicted octanol–water partition coefficient (Wildman–Crippen LogP) is 15.1. The molecule has 0 aliphatic rings. The van der Waals surface area contributed by atoms with E-state index in [-0.39, 0.29) is 32.3 Å². The molecule has 3 N–H and O–H groups in total. The number of nitrogens with two attached hydrogens (primary N) is 1. The Balaban J connectivity index is 4.03. The molecule has 348 valence electrons. The monoisotopic (exact) mass is 862 g/mol. The second-order valence-electron chi connectivity index (χ2n) is 15.9. The van der Waals surface area contributed by atoms with Crippen molar-refractivity contribution in [1.82, 2.24) is 0 Å². The number of phosphoric ester groups is 1. The van der Waals surface area contributed by atoms with E-state index in [1.165, 1.54) is 116 Å². The molecule has 0 aliphatic heterocycles. The van der Waals surface area contributed by atoms with Gasteiger partial charge in [0.05, 0.1) is 19.8 Å². The van der Waals surface area contributed by atoms with Crippen molar-refractivity contribution in [2.45, 2.75) is 213 Å². The Kier molecular flexibility index (Phi) is 46.3. The zero-order chi connectivity index (χ0) is 43.7. The average Bonchev–Trinajstić information content (AvgIpc) is 3.24. The standard InChI is InChI=1S/C51H92NO7P/c1-3-5-7-9-11-13-15-17-19-21-23-24-25-26-27-28-30-32-34-36-38-40-42-44-51(53)59-50(49-58-60(54,55)57-47-45-52)48-56-46-43-41-39-37-35-33-31-29-22-20-18-16-14-12-10-8-6-4-2/h6,8,12,14,18,20-21,23,29,31,35,37,50H,3-5,7,9-11,13,15-17,19,22,24-28,30,32-34,36,38-49,52H2,1-2H3,(H,54,55)/b8-6-,14-12-,20-18-,23-21-,31-29-,37-35-. The molecule has 9 heteroatoms. The first-order valence-corrected chi connectivity index (χ1v) is 25.9. The quantitative estimate of drug-likeness (QED) is 0.0269. The van der Waals surface area contributed by atoms with Crippen molar-refractivity contribution in [3.05, 3.63) is 72.9 Å². The van der Waals surface area contributed by atoms with Crippen LogP contribution in [0.15, 0.2) is 72.9 Å². The van der Waals surface area contributed by atoms with Crippen LogP contribution in [0.4, 0.5) is 0 Å². The van der Waals surface area contributed by atoms with Crippen LogP contribution in [-0.4, -0.2) is 49.9 Å². The van der Waals surface area contributed by atoms with Gasteiger partial charge in [0.25, 0.3) is 0 Å². The van der Waals surface area contributed by atoms with Gasteiger partial charge in [0.1, 0.15) is 6.10 Å². The summed E-state index contributed by atoms with van der Waals surface area (Å²) in [6.45, 7) is 4.70. The summed E-state index contributed by atoms with van der Waals surface area (Å²) in [5, 5.41) is 0. The lowest BCUT2D eigenvalue weighted by atomic mass is 10.0. The van der Waals surface area contributed by atoms with Crippen LogP contribution >= 0.6 is 7.82 Å². The van der Waals surface area contributed by atoms with Gasteiger partial charge < -0.3 is 20.1 Å². The minimum Gasteiger partial charge on any atom is -0.457 e. The normalized spacial score (nSPS) is 14.0. The summed E-state index contributed by atoms with van der Waals surface area (Å²) < 4.78 is 33.5. The van der Waals surface area contributed by atoms with Gasteiger partial charge in [-0.2, -0.15) is 0 Å². The van der Waals surface area contributed by atoms with Crippen LogP contribution in [0.2, 0.25) is 0 Å². The number of carbonyl (C=O) groups excluding carboxylic acids is 1. The molecule has 0 saturated heterocycles. The summed E-state index contributed by atoms with van der Waals surface area (Å²) in [6.07, 6.45) is 60.8. The number of rotatable bonds is 46. The minimum absolute atomic E-state index is 0.0841. The van der Waals surface area contributed by atoms with Crippen molar-refractivity contribution < 1.29 is 32.8 Å². The molecule has 2 unspecified atom stereocenters. The number of phosphoric acid groups is 1. The molecule has 0 heterocycles. The van der Waals surface area contributed by atoms with E-state index in [0.717, 1.165) is 70.6 Å². The van der Waals surface area contributed by atoms with Gasteiger partial charge in [-0.05, 0) is 83.5 Å². The molecule has 0 aromatic carbocycles. The van der Waals surface area contributed by atoms with Crippen LogP contribution < -0.4 is 5.73 Å². The third kappa shape index (κ3) is 47.0. The van der Waals surface area contributed by atoms with Crippen molar-refractivity contribution in [3.8, 4) is 0 Å². The van der Waals surface area contributed by atoms with Crippen LogP contribution in [-0.2, 0) is 27.9 Å². The van der Waals surface area contributed by atoms with Crippen LogP contribution in [0.5, 0.6) is 0 Å². The predicted molar refractivity (Wildman–Crippen MR) is 256 cm³/mol. The number of hydrogen-bond acceptors (Lipinski definition) is 7. The fourth-order valence-corrected chi connectivity index (χ4v) is 7.31. The highest BCUT2D eigenvalue weighted by Gasteiger charge is 2.25. The van der Waals surface area contributed by atoms with Gasteiger partial charge in [-0.3, -0.25) is 13.8 Å². The maximum atomic E-state index is 12.6. The van der Waals surface area contributed by atoms with Gasteiger partial charge in [0.15, 0.2) is 0 Å². The molecule has 8 nitrogen and oxygen atoms in total. The molecular formula is C51H92NO7P. The zero-order valence-corrected chi connectivity index (χ0v) is 39.6. The van der Waals surface area contributed by atoms with Crippen LogP contribution in [0.1, 0.15) is 206 Å². The third-order valence-corrected chi connectivity index (χ3v) is 11.1. The Morgan fingerprint density at radius 1 is 0.517 bits per heavy atom. The fraction of sp³-hybridized carbons (Fsp3) is 0.745. The Bertz CT molecular complexity index is 1150. The van der Waals surface area contributed by atoms with Gasteiger partial charge in [-0.15, -0.1) is 0 Å². The Labute approximate surface area is 369 Å². The smallest absolute Gasteiger partial charge is 0.457 e. The summed E-state index contributed by atoms with van der Waals surface area (Å²) >= 11 is 0. The molecular weight excluding hydrogens is 770 g/mol. The van der Waals surface area contributed by atoms with E-state index in [1.54, 1.807) is 0 Å². The Morgan fingerprint density at radius 2 is 0.933 bits per heavy atom. The van der Waals surface area contributed by atoms with E-state index in [2.05, 4.69) is 86.8 Å². The largest absolute Gasteiger partial charge is 0.472 e. The molecule has 0 bridgehead atoms. The van der Waals surface area contributed by atoms with Gasteiger partial charge in [-0.25, -0.2) is 4.57 Å². The number of unbranched alkanes of at least 4 members (excludes halogenated alkanes) is 21. The first-order chi connectivity index (χ1) is 29.4. The van der Waals surface area contributed by atoms with Crippen LogP contribution in [0.25, 0.3) is 0 Å². The van der Waals surface area contributed by atoms with Crippen LogP contribution in [0, 0.1) is 0 Å². The van der Waals surface area contributed by atoms with Gasteiger partial charge >= 0.3 is 13.8 Å². The third-order valence-electron chi connectivity index (χ3n) is 10.1. The number of ether oxygens (including phenoxy) is 2. The van der Waals surface area contributed by atoms with Crippen LogP contribution in [0.3, 0.4) is 0 Å². The van der Waals surface area contributed by atoms with E-state index in [4.69, 9.17) is 24.3 Å². The zero-order valence-electron chi connectivity index (χ0n) is 38.7. The van der Waals surface area contributed by atoms with E-state index >= 15 is 0 Å². The lowest BCUT2D eigenvalue weighted by Gasteiger charge is -2.20. The number of allylic oxidation sites excluding steroid dienone is 12. The topological polar surface area (TPSA) is 117 Å². The minimum atomic E-state index is -4.30. The maximum Gasteiger partial charge on any atom is 0.472 e. The second kappa shape index (κ2) is 48.0. The molecule has 0 aromatic heterocycles. The van der Waals surface area contributed by atoms with E-state index in [1.807, 2.05) is 0 Å².